The van der Waals surface area contributed by atoms with Crippen LogP contribution in [0.4, 0.5) is 0 Å². The Bertz CT molecular complexity index is 515. The Morgan fingerprint density at radius 1 is 1.22 bits per heavy atom. The van der Waals surface area contributed by atoms with E-state index in [4.69, 9.17) is 11.6 Å². The predicted octanol–water partition coefficient (Wildman–Crippen LogP) is 1.50. The molecule has 2 aromatic rings. The summed E-state index contributed by atoms with van der Waals surface area (Å²) in [5.41, 5.74) is 1.38. The van der Waals surface area contributed by atoms with Gasteiger partial charge in [-0.3, -0.25) is 9.78 Å². The van der Waals surface area contributed by atoms with Crippen molar-refractivity contribution in [3.8, 4) is 0 Å². The summed E-state index contributed by atoms with van der Waals surface area (Å²) in [7, 11) is 0. The van der Waals surface area contributed by atoms with Crippen molar-refractivity contribution in [3.63, 3.8) is 0 Å². The Labute approximate surface area is 109 Å². The van der Waals surface area contributed by atoms with E-state index < -0.39 is 0 Å². The van der Waals surface area contributed by atoms with E-state index in [0.29, 0.717) is 6.54 Å². The third kappa shape index (κ3) is 3.49. The molecule has 0 saturated carbocycles. The topological polar surface area (TPSA) is 67.8 Å². The van der Waals surface area contributed by atoms with Gasteiger partial charge in [0.25, 0.3) is 5.91 Å². The van der Waals surface area contributed by atoms with Gasteiger partial charge in [-0.15, -0.1) is 0 Å². The Balaban J connectivity index is 1.84. The average molecular weight is 263 g/mol. The van der Waals surface area contributed by atoms with E-state index in [9.17, 15) is 4.79 Å². The van der Waals surface area contributed by atoms with Crippen LogP contribution < -0.4 is 5.32 Å². The molecule has 0 aromatic carbocycles. The molecule has 0 radical (unpaired) electrons. The third-order valence-electron chi connectivity index (χ3n) is 2.30. The van der Waals surface area contributed by atoms with Crippen LogP contribution in [-0.4, -0.2) is 27.4 Å². The number of pyridine rings is 1. The maximum atomic E-state index is 11.7. The van der Waals surface area contributed by atoms with Gasteiger partial charge in [0.15, 0.2) is 0 Å². The highest BCUT2D eigenvalue weighted by molar-refractivity contribution is 6.29. The van der Waals surface area contributed by atoms with Crippen molar-refractivity contribution in [1.29, 1.82) is 0 Å². The van der Waals surface area contributed by atoms with E-state index in [1.807, 2.05) is 12.1 Å². The van der Waals surface area contributed by atoms with Crippen molar-refractivity contribution >= 4 is 17.5 Å². The van der Waals surface area contributed by atoms with Crippen molar-refractivity contribution < 1.29 is 4.79 Å². The molecule has 6 heteroatoms. The van der Waals surface area contributed by atoms with E-state index in [-0.39, 0.29) is 16.8 Å². The monoisotopic (exact) mass is 262 g/mol. The number of rotatable bonds is 4. The maximum absolute atomic E-state index is 11.7. The van der Waals surface area contributed by atoms with Crippen molar-refractivity contribution in [2.24, 2.45) is 0 Å². The number of carbonyl (C=O) groups excluding carboxylic acids is 1. The van der Waals surface area contributed by atoms with Crippen LogP contribution in [0.5, 0.6) is 0 Å². The average Bonchev–Trinajstić information content (AvgIpc) is 2.40. The molecule has 2 rings (SSSR count). The lowest BCUT2D eigenvalue weighted by Gasteiger charge is -2.04. The number of nitrogens with zero attached hydrogens (tertiary/aromatic N) is 3. The molecule has 0 fully saturated rings. The van der Waals surface area contributed by atoms with Crippen molar-refractivity contribution in [2.75, 3.05) is 6.54 Å². The molecule has 5 nitrogen and oxygen atoms in total. The lowest BCUT2D eigenvalue weighted by molar-refractivity contribution is 0.0949. The van der Waals surface area contributed by atoms with Gasteiger partial charge < -0.3 is 5.32 Å². The maximum Gasteiger partial charge on any atom is 0.271 e. The summed E-state index contributed by atoms with van der Waals surface area (Å²) in [6, 6.07) is 3.82. The van der Waals surface area contributed by atoms with Crippen molar-refractivity contribution in [1.82, 2.24) is 20.3 Å². The molecule has 0 unspecified atom stereocenters. The minimum absolute atomic E-state index is 0.256. The number of hydrogen-bond acceptors (Lipinski definition) is 4. The second kappa shape index (κ2) is 6.07. The zero-order chi connectivity index (χ0) is 12.8. The quantitative estimate of drug-likeness (QED) is 0.907. The highest BCUT2D eigenvalue weighted by Crippen LogP contribution is 2.01. The molecule has 0 aliphatic carbocycles. The van der Waals surface area contributed by atoms with E-state index >= 15 is 0 Å². The van der Waals surface area contributed by atoms with Crippen LogP contribution in [0.2, 0.25) is 5.15 Å². The Kier molecular flexibility index (Phi) is 4.20. The van der Waals surface area contributed by atoms with Gasteiger partial charge in [0.05, 0.1) is 12.4 Å². The van der Waals surface area contributed by atoms with Gasteiger partial charge in [0.2, 0.25) is 0 Å². The van der Waals surface area contributed by atoms with Crippen LogP contribution >= 0.6 is 11.6 Å². The van der Waals surface area contributed by atoms with E-state index in [1.54, 1.807) is 12.4 Å². The molecule has 0 aliphatic rings. The van der Waals surface area contributed by atoms with E-state index in [2.05, 4.69) is 20.3 Å². The van der Waals surface area contributed by atoms with Gasteiger partial charge in [-0.25, -0.2) is 9.97 Å². The fourth-order valence-corrected chi connectivity index (χ4v) is 1.49. The summed E-state index contributed by atoms with van der Waals surface area (Å²) >= 11 is 5.59. The molecule has 0 spiro atoms. The minimum atomic E-state index is -0.256. The molecule has 92 valence electrons. The first-order chi connectivity index (χ1) is 8.75. The summed E-state index contributed by atoms with van der Waals surface area (Å²) in [6.07, 6.45) is 6.89. The number of halogens is 1. The minimum Gasteiger partial charge on any atom is -0.350 e. The normalized spacial score (nSPS) is 10.1. The second-order valence-electron chi connectivity index (χ2n) is 3.59. The predicted molar refractivity (Wildman–Crippen MR) is 67.3 cm³/mol. The number of carbonyl (C=O) groups is 1. The molecule has 0 bridgehead atoms. The SMILES string of the molecule is O=C(NCCc1ccncc1)c1cnc(Cl)cn1. The summed E-state index contributed by atoms with van der Waals surface area (Å²) in [6.45, 7) is 0.535. The molecule has 0 atom stereocenters. The van der Waals surface area contributed by atoms with Gasteiger partial charge in [0.1, 0.15) is 10.8 Å². The fraction of sp³-hybridized carbons (Fsp3) is 0.167. The van der Waals surface area contributed by atoms with Crippen molar-refractivity contribution in [3.05, 3.63) is 53.3 Å². The Hall–Kier alpha value is -2.01. The molecule has 0 saturated heterocycles. The van der Waals surface area contributed by atoms with Crippen molar-refractivity contribution in [2.45, 2.75) is 6.42 Å². The summed E-state index contributed by atoms with van der Waals surface area (Å²) in [5.74, 6) is -0.256. The second-order valence-corrected chi connectivity index (χ2v) is 3.97. The van der Waals surface area contributed by atoms with Gasteiger partial charge in [0, 0.05) is 18.9 Å². The zero-order valence-corrected chi connectivity index (χ0v) is 10.3. The van der Waals surface area contributed by atoms with Crippen LogP contribution in [0.25, 0.3) is 0 Å². The van der Waals surface area contributed by atoms with Crippen LogP contribution in [0.3, 0.4) is 0 Å². The van der Waals surface area contributed by atoms with Gasteiger partial charge in [-0.1, -0.05) is 11.6 Å². The molecule has 2 heterocycles. The van der Waals surface area contributed by atoms with Crippen LogP contribution in [0.1, 0.15) is 16.1 Å². The summed E-state index contributed by atoms with van der Waals surface area (Å²) in [4.78, 5) is 23.3. The Morgan fingerprint density at radius 3 is 2.67 bits per heavy atom. The fourth-order valence-electron chi connectivity index (χ4n) is 1.39. The molecular formula is C12H11ClN4O. The Morgan fingerprint density at radius 2 is 2.00 bits per heavy atom. The molecule has 18 heavy (non-hydrogen) atoms. The summed E-state index contributed by atoms with van der Waals surface area (Å²) < 4.78 is 0. The number of aromatic nitrogens is 3. The number of hydrogen-bond donors (Lipinski definition) is 1. The highest BCUT2D eigenvalue weighted by atomic mass is 35.5. The lowest BCUT2D eigenvalue weighted by atomic mass is 10.2. The third-order valence-corrected chi connectivity index (χ3v) is 2.50. The van der Waals surface area contributed by atoms with E-state index in [0.717, 1.165) is 12.0 Å². The smallest absolute Gasteiger partial charge is 0.271 e. The molecule has 1 amide bonds. The largest absolute Gasteiger partial charge is 0.350 e. The van der Waals surface area contributed by atoms with Crippen LogP contribution in [-0.2, 0) is 6.42 Å². The molecule has 0 aliphatic heterocycles. The first-order valence-corrected chi connectivity index (χ1v) is 5.78. The van der Waals surface area contributed by atoms with Gasteiger partial charge in [-0.05, 0) is 24.1 Å². The van der Waals surface area contributed by atoms with Gasteiger partial charge >= 0.3 is 0 Å². The first-order valence-electron chi connectivity index (χ1n) is 5.40. The van der Waals surface area contributed by atoms with E-state index in [1.165, 1.54) is 12.4 Å². The summed E-state index contributed by atoms with van der Waals surface area (Å²) in [5, 5.41) is 3.03. The molecule has 2 aromatic heterocycles. The highest BCUT2D eigenvalue weighted by Gasteiger charge is 2.06. The molecular weight excluding hydrogens is 252 g/mol. The zero-order valence-electron chi connectivity index (χ0n) is 9.51. The van der Waals surface area contributed by atoms with Gasteiger partial charge in [-0.2, -0.15) is 0 Å². The van der Waals surface area contributed by atoms with Crippen LogP contribution in [0.15, 0.2) is 36.9 Å². The number of nitrogens with one attached hydrogen (secondary N) is 1. The first kappa shape index (κ1) is 12.4. The number of amides is 1. The lowest BCUT2D eigenvalue weighted by Crippen LogP contribution is -2.26. The molecule has 1 N–H and O–H groups in total. The standard InChI is InChI=1S/C12H11ClN4O/c13-11-8-16-10(7-17-11)12(18)15-6-3-9-1-4-14-5-2-9/h1-2,4-5,7-8H,3,6H2,(H,15,18). The van der Waals surface area contributed by atoms with Crippen LogP contribution in [0, 0.1) is 0 Å².